The average molecular weight is 493 g/mol. The molecule has 3 heterocycles. The van der Waals surface area contributed by atoms with Crippen LogP contribution in [0.4, 0.5) is 0 Å². The van der Waals surface area contributed by atoms with E-state index in [2.05, 4.69) is 25.9 Å². The van der Waals surface area contributed by atoms with Crippen LogP contribution in [0.15, 0.2) is 29.2 Å². The van der Waals surface area contributed by atoms with Crippen LogP contribution in [0.1, 0.15) is 78.7 Å². The van der Waals surface area contributed by atoms with Crippen molar-refractivity contribution in [3.63, 3.8) is 0 Å². The quantitative estimate of drug-likeness (QED) is 0.358. The number of hydrogen-bond donors (Lipinski definition) is 4. The lowest BCUT2D eigenvalue weighted by Crippen LogP contribution is -2.39. The molecular formula is C27H36N6O3. The number of aliphatic hydroxyl groups is 1. The van der Waals surface area contributed by atoms with Crippen molar-refractivity contribution in [1.29, 1.82) is 0 Å². The number of pyridine rings is 1. The summed E-state index contributed by atoms with van der Waals surface area (Å²) in [7, 11) is 0. The van der Waals surface area contributed by atoms with Crippen LogP contribution in [0.5, 0.6) is 0 Å². The zero-order valence-corrected chi connectivity index (χ0v) is 21.1. The summed E-state index contributed by atoms with van der Waals surface area (Å²) in [5, 5.41) is 20.0. The third-order valence-electron chi connectivity index (χ3n) is 7.82. The van der Waals surface area contributed by atoms with Crippen molar-refractivity contribution < 1.29 is 9.90 Å². The summed E-state index contributed by atoms with van der Waals surface area (Å²) >= 11 is 0. The number of aryl methyl sites for hydroxylation is 2. The number of primary amides is 1. The summed E-state index contributed by atoms with van der Waals surface area (Å²) in [4.78, 5) is 29.4. The third-order valence-corrected chi connectivity index (χ3v) is 7.82. The number of nitrogens with zero attached hydrogens (tertiary/aromatic N) is 3. The first-order valence-corrected chi connectivity index (χ1v) is 13.0. The lowest BCUT2D eigenvalue weighted by molar-refractivity contribution is -0.122. The molecule has 0 spiro atoms. The van der Waals surface area contributed by atoms with E-state index < -0.39 is 6.23 Å². The number of likely N-dealkylation sites (tertiary alicyclic amines) is 1. The van der Waals surface area contributed by atoms with E-state index >= 15 is 0 Å². The Morgan fingerprint density at radius 1 is 1.22 bits per heavy atom. The summed E-state index contributed by atoms with van der Waals surface area (Å²) in [5.74, 6) is -0.287. The van der Waals surface area contributed by atoms with Gasteiger partial charge in [-0.05, 0) is 75.4 Å². The minimum absolute atomic E-state index is 0.147. The van der Waals surface area contributed by atoms with E-state index in [4.69, 9.17) is 10.8 Å². The fourth-order valence-corrected chi connectivity index (χ4v) is 5.97. The second kappa shape index (κ2) is 10.2. The van der Waals surface area contributed by atoms with Gasteiger partial charge in [0.05, 0.1) is 23.8 Å². The van der Waals surface area contributed by atoms with Crippen molar-refractivity contribution in [1.82, 2.24) is 25.0 Å². The maximum atomic E-state index is 12.5. The zero-order chi connectivity index (χ0) is 25.4. The first-order chi connectivity index (χ1) is 17.3. The zero-order valence-electron chi connectivity index (χ0n) is 21.1. The number of amides is 1. The molecular weight excluding hydrogens is 456 g/mol. The molecule has 1 aliphatic heterocycles. The number of fused-ring (bicyclic) bond motifs is 1. The van der Waals surface area contributed by atoms with Crippen LogP contribution in [0.25, 0.3) is 10.9 Å². The van der Waals surface area contributed by atoms with Gasteiger partial charge in [0, 0.05) is 35.3 Å². The number of rotatable bonds is 8. The molecule has 5 rings (SSSR count). The monoisotopic (exact) mass is 492 g/mol. The van der Waals surface area contributed by atoms with Gasteiger partial charge in [-0.3, -0.25) is 24.5 Å². The Morgan fingerprint density at radius 2 is 2.00 bits per heavy atom. The van der Waals surface area contributed by atoms with Crippen LogP contribution in [0.3, 0.4) is 0 Å². The Bertz CT molecular complexity index is 1320. The summed E-state index contributed by atoms with van der Waals surface area (Å²) < 4.78 is 2.10. The second-order valence-corrected chi connectivity index (χ2v) is 10.4. The number of hydrogen-bond acceptors (Lipinski definition) is 6. The summed E-state index contributed by atoms with van der Waals surface area (Å²) in [6, 6.07) is 6.16. The fourth-order valence-electron chi connectivity index (χ4n) is 5.97. The van der Waals surface area contributed by atoms with Gasteiger partial charge in [0.25, 0.3) is 5.56 Å². The van der Waals surface area contributed by atoms with Gasteiger partial charge in [0.15, 0.2) is 0 Å². The van der Waals surface area contributed by atoms with Crippen molar-refractivity contribution in [3.8, 4) is 0 Å². The number of carbonyl (C=O) groups excluding carboxylic acids is 1. The van der Waals surface area contributed by atoms with Crippen molar-refractivity contribution in [2.45, 2.75) is 83.8 Å². The highest BCUT2D eigenvalue weighted by Gasteiger charge is 2.30. The molecule has 36 heavy (non-hydrogen) atoms. The van der Waals surface area contributed by atoms with E-state index in [0.29, 0.717) is 18.2 Å². The van der Waals surface area contributed by atoms with Crippen molar-refractivity contribution >= 4 is 16.8 Å². The van der Waals surface area contributed by atoms with E-state index in [0.717, 1.165) is 65.5 Å². The van der Waals surface area contributed by atoms with E-state index in [-0.39, 0.29) is 24.1 Å². The number of nitrogens with one attached hydrogen (secondary N) is 2. The van der Waals surface area contributed by atoms with Crippen LogP contribution >= 0.6 is 0 Å². The minimum atomic E-state index is -0.987. The molecule has 1 saturated carbocycles. The molecule has 9 heteroatoms. The maximum absolute atomic E-state index is 12.5. The van der Waals surface area contributed by atoms with E-state index in [1.165, 1.54) is 12.8 Å². The van der Waals surface area contributed by atoms with E-state index in [1.54, 1.807) is 0 Å². The predicted octanol–water partition coefficient (Wildman–Crippen LogP) is 2.69. The lowest BCUT2D eigenvalue weighted by atomic mass is 10.0. The van der Waals surface area contributed by atoms with Gasteiger partial charge in [-0.2, -0.15) is 5.10 Å². The Balaban J connectivity index is 1.48. The lowest BCUT2D eigenvalue weighted by Gasteiger charge is -2.23. The molecule has 2 unspecified atom stereocenters. The Labute approximate surface area is 210 Å². The SMILES string of the molecule is Cc1cc(C)c(CNC(O)c2cc(CN3CCCC3C(N)=O)cc3c2cnn3C2CCCC2)c(=O)[nH]1. The topological polar surface area (TPSA) is 129 Å². The van der Waals surface area contributed by atoms with Gasteiger partial charge >= 0.3 is 0 Å². The normalized spacial score (nSPS) is 19.9. The number of benzene rings is 1. The van der Waals surface area contributed by atoms with Gasteiger partial charge in [-0.1, -0.05) is 12.8 Å². The second-order valence-electron chi connectivity index (χ2n) is 10.4. The fraction of sp³-hybridized carbons (Fsp3) is 0.519. The van der Waals surface area contributed by atoms with Crippen LogP contribution in [0, 0.1) is 13.8 Å². The van der Waals surface area contributed by atoms with Crippen molar-refractivity contribution in [2.75, 3.05) is 6.54 Å². The van der Waals surface area contributed by atoms with E-state index in [1.807, 2.05) is 32.2 Å². The number of aliphatic hydroxyl groups excluding tert-OH is 1. The molecule has 1 saturated heterocycles. The molecule has 9 nitrogen and oxygen atoms in total. The standard InChI is InChI=1S/C27H36N6O3/c1-16-10-17(2)31-27(36)21(16)13-29-26(35)20-11-18(15-32-9-5-8-23(32)25(28)34)12-24-22(20)14-30-33(24)19-6-3-4-7-19/h10-12,14,19,23,26,29,35H,3-9,13,15H2,1-2H3,(H2,28,34)(H,31,36). The molecule has 192 valence electrons. The molecule has 2 aliphatic rings. The first kappa shape index (κ1) is 24.7. The molecule has 0 bridgehead atoms. The van der Waals surface area contributed by atoms with Crippen LogP contribution in [0.2, 0.25) is 0 Å². The summed E-state index contributed by atoms with van der Waals surface area (Å²) in [5.41, 5.74) is 10.5. The summed E-state index contributed by atoms with van der Waals surface area (Å²) in [6.07, 6.45) is 7.16. The van der Waals surface area contributed by atoms with Gasteiger partial charge in [0.1, 0.15) is 6.23 Å². The smallest absolute Gasteiger partial charge is 0.252 e. The predicted molar refractivity (Wildman–Crippen MR) is 138 cm³/mol. The molecule has 1 amide bonds. The van der Waals surface area contributed by atoms with Gasteiger partial charge in [-0.15, -0.1) is 0 Å². The van der Waals surface area contributed by atoms with Crippen LogP contribution in [-0.4, -0.2) is 43.3 Å². The number of nitrogens with two attached hydrogens (primary N) is 1. The molecule has 2 aromatic heterocycles. The summed E-state index contributed by atoms with van der Waals surface area (Å²) in [6.45, 7) is 5.39. The number of carbonyl (C=O) groups is 1. The van der Waals surface area contributed by atoms with E-state index in [9.17, 15) is 14.7 Å². The largest absolute Gasteiger partial charge is 0.374 e. The third kappa shape index (κ3) is 4.83. The highest BCUT2D eigenvalue weighted by Crippen LogP contribution is 2.34. The first-order valence-electron chi connectivity index (χ1n) is 13.0. The number of aromatic amines is 1. The van der Waals surface area contributed by atoms with Crippen molar-refractivity contribution in [3.05, 3.63) is 62.7 Å². The van der Waals surface area contributed by atoms with Gasteiger partial charge in [-0.25, -0.2) is 0 Å². The van der Waals surface area contributed by atoms with Crippen LogP contribution < -0.4 is 16.6 Å². The molecule has 5 N–H and O–H groups in total. The Hall–Kier alpha value is -3.01. The molecule has 2 fully saturated rings. The Morgan fingerprint density at radius 3 is 2.72 bits per heavy atom. The van der Waals surface area contributed by atoms with Gasteiger partial charge < -0.3 is 15.8 Å². The highest BCUT2D eigenvalue weighted by atomic mass is 16.3. The number of H-pyrrole nitrogens is 1. The van der Waals surface area contributed by atoms with Crippen LogP contribution in [-0.2, 0) is 17.9 Å². The highest BCUT2D eigenvalue weighted by molar-refractivity contribution is 5.84. The van der Waals surface area contributed by atoms with Gasteiger partial charge in [0.2, 0.25) is 5.91 Å². The maximum Gasteiger partial charge on any atom is 0.252 e. The molecule has 0 radical (unpaired) electrons. The Kier molecular flexibility index (Phi) is 6.96. The minimum Gasteiger partial charge on any atom is -0.374 e. The van der Waals surface area contributed by atoms with Crippen molar-refractivity contribution in [2.24, 2.45) is 5.73 Å². The number of aromatic nitrogens is 3. The average Bonchev–Trinajstić information content (AvgIpc) is 3.58. The molecule has 1 aromatic carbocycles. The molecule has 3 aromatic rings. The molecule has 1 aliphatic carbocycles. The molecule has 2 atom stereocenters.